The molecule has 1 aromatic rings. The van der Waals surface area contributed by atoms with Crippen molar-refractivity contribution in [3.8, 4) is 0 Å². The second-order valence-electron chi connectivity index (χ2n) is 6.68. The van der Waals surface area contributed by atoms with Crippen LogP contribution in [0, 0.1) is 12.8 Å². The molecule has 4 nitrogen and oxygen atoms in total. The van der Waals surface area contributed by atoms with Crippen LogP contribution in [0.3, 0.4) is 0 Å². The molecule has 1 amide bonds. The molecule has 2 rings (SSSR count). The topological polar surface area (TPSA) is 58.4 Å². The van der Waals surface area contributed by atoms with E-state index in [9.17, 15) is 4.79 Å². The summed E-state index contributed by atoms with van der Waals surface area (Å²) >= 11 is 0. The maximum atomic E-state index is 12.1. The van der Waals surface area contributed by atoms with Crippen LogP contribution in [0.25, 0.3) is 0 Å². The highest BCUT2D eigenvalue weighted by molar-refractivity contribution is 5.85. The van der Waals surface area contributed by atoms with Gasteiger partial charge in [0.15, 0.2) is 0 Å². The third-order valence-electron chi connectivity index (χ3n) is 4.53. The van der Waals surface area contributed by atoms with Crippen molar-refractivity contribution in [1.82, 2.24) is 10.2 Å². The first-order valence-electron chi connectivity index (χ1n) is 8.33. The highest BCUT2D eigenvalue weighted by Gasteiger charge is 2.25. The molecule has 0 bridgehead atoms. The van der Waals surface area contributed by atoms with Gasteiger partial charge >= 0.3 is 0 Å². The number of nitrogens with two attached hydrogens (primary N) is 1. The number of nitrogens with zero attached hydrogens (tertiary/aromatic N) is 1. The molecule has 130 valence electrons. The Hall–Kier alpha value is -1.10. The molecule has 1 heterocycles. The molecule has 23 heavy (non-hydrogen) atoms. The molecule has 2 atom stereocenters. The molecule has 5 heteroatoms. The lowest BCUT2D eigenvalue weighted by molar-refractivity contribution is -0.123. The van der Waals surface area contributed by atoms with Crippen LogP contribution in [0.4, 0.5) is 0 Å². The van der Waals surface area contributed by atoms with Crippen molar-refractivity contribution in [2.75, 3.05) is 19.6 Å². The molecule has 0 aliphatic carbocycles. The van der Waals surface area contributed by atoms with Crippen LogP contribution in [-0.2, 0) is 4.79 Å². The molecule has 0 radical (unpaired) electrons. The first kappa shape index (κ1) is 19.9. The van der Waals surface area contributed by atoms with Gasteiger partial charge in [-0.2, -0.15) is 0 Å². The Labute approximate surface area is 146 Å². The van der Waals surface area contributed by atoms with E-state index in [2.05, 4.69) is 41.4 Å². The number of rotatable bonds is 6. The minimum Gasteiger partial charge on any atom is -0.353 e. The molecule has 1 saturated heterocycles. The van der Waals surface area contributed by atoms with Crippen LogP contribution < -0.4 is 11.1 Å². The molecule has 0 aromatic heterocycles. The summed E-state index contributed by atoms with van der Waals surface area (Å²) in [6.45, 7) is 8.88. The Kier molecular flexibility index (Phi) is 8.03. The van der Waals surface area contributed by atoms with E-state index >= 15 is 0 Å². The third kappa shape index (κ3) is 5.48. The highest BCUT2D eigenvalue weighted by Crippen LogP contribution is 2.25. The number of benzene rings is 1. The Bertz CT molecular complexity index is 484. The Morgan fingerprint density at radius 2 is 1.78 bits per heavy atom. The number of likely N-dealkylation sites (tertiary alicyclic amines) is 1. The molecular weight excluding hydrogens is 310 g/mol. The first-order chi connectivity index (χ1) is 10.5. The zero-order valence-electron chi connectivity index (χ0n) is 14.4. The van der Waals surface area contributed by atoms with E-state index in [0.717, 1.165) is 13.1 Å². The first-order valence-corrected chi connectivity index (χ1v) is 8.33. The lowest BCUT2D eigenvalue weighted by Gasteiger charge is -2.29. The van der Waals surface area contributed by atoms with Gasteiger partial charge < -0.3 is 11.1 Å². The standard InChI is InChI=1S/C18H29N3O.ClH/c1-13(2)17(19)18(22)20-12-16(21-10-4-5-11-21)15-8-6-14(3)7-9-15;/h6-9,13,16-17H,4-5,10-12,19H2,1-3H3,(H,20,22);1H/t16?,17-;/m0./s1. The minimum atomic E-state index is -0.433. The van der Waals surface area contributed by atoms with Gasteiger partial charge in [0.1, 0.15) is 0 Å². The summed E-state index contributed by atoms with van der Waals surface area (Å²) in [5.41, 5.74) is 8.46. The fourth-order valence-electron chi connectivity index (χ4n) is 2.92. The van der Waals surface area contributed by atoms with E-state index in [4.69, 9.17) is 5.73 Å². The second-order valence-corrected chi connectivity index (χ2v) is 6.68. The number of amides is 1. The summed E-state index contributed by atoms with van der Waals surface area (Å²) < 4.78 is 0. The SMILES string of the molecule is Cc1ccc(C(CNC(=O)[C@@H](N)C(C)C)N2CCCC2)cc1.Cl. The largest absolute Gasteiger partial charge is 0.353 e. The lowest BCUT2D eigenvalue weighted by Crippen LogP contribution is -2.46. The molecule has 1 unspecified atom stereocenters. The normalized spacial score (nSPS) is 17.6. The van der Waals surface area contributed by atoms with E-state index < -0.39 is 6.04 Å². The Balaban J connectivity index is 0.00000264. The van der Waals surface area contributed by atoms with E-state index in [1.165, 1.54) is 24.0 Å². The average molecular weight is 340 g/mol. The number of nitrogens with one attached hydrogen (secondary N) is 1. The van der Waals surface area contributed by atoms with Crippen LogP contribution in [0.5, 0.6) is 0 Å². The van der Waals surface area contributed by atoms with E-state index in [-0.39, 0.29) is 30.3 Å². The highest BCUT2D eigenvalue weighted by atomic mass is 35.5. The summed E-state index contributed by atoms with van der Waals surface area (Å²) in [4.78, 5) is 14.6. The molecule has 0 saturated carbocycles. The minimum absolute atomic E-state index is 0. The Morgan fingerprint density at radius 1 is 1.22 bits per heavy atom. The van der Waals surface area contributed by atoms with Gasteiger partial charge in [-0.05, 0) is 44.3 Å². The van der Waals surface area contributed by atoms with Crippen LogP contribution in [0.15, 0.2) is 24.3 Å². The number of hydrogen-bond acceptors (Lipinski definition) is 3. The van der Waals surface area contributed by atoms with Crippen molar-refractivity contribution in [3.05, 3.63) is 35.4 Å². The van der Waals surface area contributed by atoms with Crippen molar-refractivity contribution in [2.24, 2.45) is 11.7 Å². The quantitative estimate of drug-likeness (QED) is 0.837. The molecule has 1 fully saturated rings. The molecule has 1 aliphatic rings. The summed E-state index contributed by atoms with van der Waals surface area (Å²) in [6, 6.07) is 8.43. The van der Waals surface area contributed by atoms with Crippen molar-refractivity contribution < 1.29 is 4.79 Å². The third-order valence-corrected chi connectivity index (χ3v) is 4.53. The van der Waals surface area contributed by atoms with E-state index in [0.29, 0.717) is 6.54 Å². The molecular formula is C18H30ClN3O. The number of carbonyl (C=O) groups is 1. The molecule has 1 aliphatic heterocycles. The summed E-state index contributed by atoms with van der Waals surface area (Å²) in [5.74, 6) is 0.107. The zero-order valence-corrected chi connectivity index (χ0v) is 15.2. The van der Waals surface area contributed by atoms with Gasteiger partial charge in [-0.1, -0.05) is 43.7 Å². The van der Waals surface area contributed by atoms with Crippen LogP contribution in [0.2, 0.25) is 0 Å². The van der Waals surface area contributed by atoms with E-state index in [1.807, 2.05) is 13.8 Å². The number of hydrogen-bond donors (Lipinski definition) is 2. The molecule has 1 aromatic carbocycles. The van der Waals surface area contributed by atoms with Gasteiger partial charge in [-0.15, -0.1) is 12.4 Å². The summed E-state index contributed by atoms with van der Waals surface area (Å²) in [5, 5.41) is 3.05. The van der Waals surface area contributed by atoms with E-state index in [1.54, 1.807) is 0 Å². The van der Waals surface area contributed by atoms with Gasteiger partial charge in [0.25, 0.3) is 0 Å². The fourth-order valence-corrected chi connectivity index (χ4v) is 2.92. The van der Waals surface area contributed by atoms with Crippen LogP contribution >= 0.6 is 12.4 Å². The van der Waals surface area contributed by atoms with Gasteiger partial charge in [0.2, 0.25) is 5.91 Å². The summed E-state index contributed by atoms with van der Waals surface area (Å²) in [7, 11) is 0. The lowest BCUT2D eigenvalue weighted by atomic mass is 10.0. The smallest absolute Gasteiger partial charge is 0.237 e. The van der Waals surface area contributed by atoms with Crippen LogP contribution in [-0.4, -0.2) is 36.5 Å². The Morgan fingerprint density at radius 3 is 2.30 bits per heavy atom. The number of aryl methyl sites for hydroxylation is 1. The van der Waals surface area contributed by atoms with Gasteiger partial charge in [-0.3, -0.25) is 9.69 Å². The van der Waals surface area contributed by atoms with Crippen molar-refractivity contribution in [2.45, 2.75) is 45.7 Å². The number of carbonyl (C=O) groups excluding carboxylic acids is 1. The zero-order chi connectivity index (χ0) is 16.1. The number of halogens is 1. The second kappa shape index (κ2) is 9.26. The van der Waals surface area contributed by atoms with Gasteiger partial charge in [-0.25, -0.2) is 0 Å². The van der Waals surface area contributed by atoms with Crippen molar-refractivity contribution in [1.29, 1.82) is 0 Å². The monoisotopic (exact) mass is 339 g/mol. The van der Waals surface area contributed by atoms with Crippen molar-refractivity contribution in [3.63, 3.8) is 0 Å². The molecule has 0 spiro atoms. The van der Waals surface area contributed by atoms with Crippen LogP contribution in [0.1, 0.15) is 43.9 Å². The fraction of sp³-hybridized carbons (Fsp3) is 0.611. The average Bonchev–Trinajstić information content (AvgIpc) is 3.02. The predicted molar refractivity (Wildman–Crippen MR) is 97.8 cm³/mol. The van der Waals surface area contributed by atoms with Crippen molar-refractivity contribution >= 4 is 18.3 Å². The van der Waals surface area contributed by atoms with Gasteiger partial charge in [0, 0.05) is 6.54 Å². The predicted octanol–water partition coefficient (Wildman–Crippen LogP) is 2.65. The maximum Gasteiger partial charge on any atom is 0.237 e. The molecule has 3 N–H and O–H groups in total. The summed E-state index contributed by atoms with van der Waals surface area (Å²) in [6.07, 6.45) is 2.48. The maximum absolute atomic E-state index is 12.1. The van der Waals surface area contributed by atoms with Gasteiger partial charge in [0.05, 0.1) is 12.1 Å².